The molecule has 2 aromatic rings. The van der Waals surface area contributed by atoms with Gasteiger partial charge in [0, 0.05) is 49.9 Å². The van der Waals surface area contributed by atoms with Gasteiger partial charge in [-0.25, -0.2) is 0 Å². The Hall–Kier alpha value is -2.31. The van der Waals surface area contributed by atoms with Crippen molar-refractivity contribution in [3.63, 3.8) is 0 Å². The van der Waals surface area contributed by atoms with Crippen molar-refractivity contribution < 1.29 is 14.3 Å². The lowest BCUT2D eigenvalue weighted by molar-refractivity contribution is -0.0412. The van der Waals surface area contributed by atoms with Gasteiger partial charge in [-0.05, 0) is 42.7 Å². The fourth-order valence-electron chi connectivity index (χ4n) is 3.75. The molecular weight excluding hydrogens is 330 g/mol. The van der Waals surface area contributed by atoms with Crippen LogP contribution in [0.1, 0.15) is 35.2 Å². The zero-order chi connectivity index (χ0) is 17.8. The minimum atomic E-state index is -0.141. The van der Waals surface area contributed by atoms with Gasteiger partial charge >= 0.3 is 0 Å². The number of ether oxygens (including phenoxy) is 2. The number of hydrogen-bond donors (Lipinski definition) is 0. The lowest BCUT2D eigenvalue weighted by atomic mass is 9.87. The minimum Gasteiger partial charge on any atom is -0.372 e. The summed E-state index contributed by atoms with van der Waals surface area (Å²) in [7, 11) is 0. The molecule has 2 aliphatic heterocycles. The molecule has 0 bridgehead atoms. The normalized spacial score (nSPS) is 21.8. The van der Waals surface area contributed by atoms with E-state index in [0.717, 1.165) is 37.9 Å². The molecule has 6 nitrogen and oxygen atoms in total. The molecule has 0 radical (unpaired) electrons. The fraction of sp³-hybridized carbons (Fsp3) is 0.450. The first-order valence-electron chi connectivity index (χ1n) is 9.08. The first-order valence-corrected chi connectivity index (χ1v) is 9.08. The Bertz CT molecular complexity index is 730. The highest BCUT2D eigenvalue weighted by atomic mass is 16.6. The lowest BCUT2D eigenvalue weighted by Gasteiger charge is -2.38. The average molecular weight is 353 g/mol. The molecular formula is C20H23N3O3. The van der Waals surface area contributed by atoms with Crippen molar-refractivity contribution in [2.75, 3.05) is 19.7 Å². The van der Waals surface area contributed by atoms with Gasteiger partial charge in [0.1, 0.15) is 0 Å². The third-order valence-corrected chi connectivity index (χ3v) is 5.30. The molecule has 2 aromatic heterocycles. The topological polar surface area (TPSA) is 64.6 Å². The summed E-state index contributed by atoms with van der Waals surface area (Å²) in [6.45, 7) is 2.65. The van der Waals surface area contributed by atoms with Crippen molar-refractivity contribution >= 4 is 5.91 Å². The number of carbonyl (C=O) groups is 1. The largest absolute Gasteiger partial charge is 0.372 e. The highest BCUT2D eigenvalue weighted by molar-refractivity contribution is 5.94. The maximum Gasteiger partial charge on any atom is 0.253 e. The van der Waals surface area contributed by atoms with Crippen LogP contribution in [0.3, 0.4) is 0 Å². The number of carbonyl (C=O) groups excluding carboxylic acids is 1. The van der Waals surface area contributed by atoms with Crippen LogP contribution in [0.5, 0.6) is 0 Å². The Morgan fingerprint density at radius 2 is 1.77 bits per heavy atom. The summed E-state index contributed by atoms with van der Waals surface area (Å²) in [5.41, 5.74) is 1.68. The summed E-state index contributed by atoms with van der Waals surface area (Å²) >= 11 is 0. The zero-order valence-corrected chi connectivity index (χ0v) is 14.7. The molecule has 0 N–H and O–H groups in total. The maximum absolute atomic E-state index is 12.6. The molecule has 0 aromatic carbocycles. The number of likely N-dealkylation sites (tertiary alicyclic amines) is 1. The Morgan fingerprint density at radius 1 is 1.12 bits per heavy atom. The second kappa shape index (κ2) is 7.51. The number of amides is 1. The third-order valence-electron chi connectivity index (χ3n) is 5.30. The highest BCUT2D eigenvalue weighted by Crippen LogP contribution is 2.37. The summed E-state index contributed by atoms with van der Waals surface area (Å²) in [5, 5.41) is 0. The van der Waals surface area contributed by atoms with Crippen molar-refractivity contribution in [2.45, 2.75) is 37.6 Å². The number of rotatable bonds is 4. The number of piperidine rings is 1. The second-order valence-corrected chi connectivity index (χ2v) is 7.01. The van der Waals surface area contributed by atoms with Gasteiger partial charge in [0.05, 0.1) is 24.9 Å². The predicted octanol–water partition coefficient (Wildman–Crippen LogP) is 2.46. The van der Waals surface area contributed by atoms with E-state index in [2.05, 4.69) is 9.97 Å². The van der Waals surface area contributed by atoms with E-state index in [0.29, 0.717) is 18.8 Å². The van der Waals surface area contributed by atoms with Crippen molar-refractivity contribution in [2.24, 2.45) is 0 Å². The first-order chi connectivity index (χ1) is 12.7. The van der Waals surface area contributed by atoms with Crippen LogP contribution in [-0.4, -0.2) is 52.2 Å². The summed E-state index contributed by atoms with van der Waals surface area (Å²) < 4.78 is 12.2. The van der Waals surface area contributed by atoms with Crippen LogP contribution >= 0.6 is 0 Å². The van der Waals surface area contributed by atoms with Crippen molar-refractivity contribution in [3.05, 3.63) is 60.2 Å². The predicted molar refractivity (Wildman–Crippen MR) is 95.5 cm³/mol. The van der Waals surface area contributed by atoms with E-state index in [1.807, 2.05) is 17.0 Å². The smallest absolute Gasteiger partial charge is 0.253 e. The highest BCUT2D eigenvalue weighted by Gasteiger charge is 2.43. The van der Waals surface area contributed by atoms with E-state index < -0.39 is 0 Å². The number of nitrogens with zero attached hydrogens (tertiary/aromatic N) is 3. The monoisotopic (exact) mass is 353 g/mol. The molecule has 0 saturated carbocycles. The molecule has 4 rings (SSSR count). The summed E-state index contributed by atoms with van der Waals surface area (Å²) in [6.07, 6.45) is 9.60. The molecule has 26 heavy (non-hydrogen) atoms. The van der Waals surface area contributed by atoms with Gasteiger partial charge in [0.2, 0.25) is 0 Å². The summed E-state index contributed by atoms with van der Waals surface area (Å²) in [4.78, 5) is 22.5. The van der Waals surface area contributed by atoms with Crippen LogP contribution in [0.2, 0.25) is 0 Å². The van der Waals surface area contributed by atoms with E-state index in [-0.39, 0.29) is 17.6 Å². The third kappa shape index (κ3) is 3.76. The SMILES string of the molecule is O=C(c1ccncc1)N1CCC2(CC1)C[C@@H](OCc1ccncc1)CO2. The second-order valence-electron chi connectivity index (χ2n) is 7.01. The van der Waals surface area contributed by atoms with Crippen LogP contribution in [0.15, 0.2) is 49.1 Å². The molecule has 2 saturated heterocycles. The van der Waals surface area contributed by atoms with Crippen LogP contribution in [-0.2, 0) is 16.1 Å². The van der Waals surface area contributed by atoms with Crippen LogP contribution in [0.25, 0.3) is 0 Å². The minimum absolute atomic E-state index is 0.0748. The van der Waals surface area contributed by atoms with Gasteiger partial charge in [-0.2, -0.15) is 0 Å². The van der Waals surface area contributed by atoms with E-state index in [9.17, 15) is 4.79 Å². The number of pyridine rings is 2. The maximum atomic E-state index is 12.6. The van der Waals surface area contributed by atoms with Crippen molar-refractivity contribution in [3.8, 4) is 0 Å². The first kappa shape index (κ1) is 17.1. The van der Waals surface area contributed by atoms with Crippen molar-refractivity contribution in [1.82, 2.24) is 14.9 Å². The average Bonchev–Trinajstić information content (AvgIpc) is 3.10. The Morgan fingerprint density at radius 3 is 2.46 bits per heavy atom. The van der Waals surface area contributed by atoms with E-state index in [1.165, 1.54) is 0 Å². The van der Waals surface area contributed by atoms with Gasteiger partial charge in [0.15, 0.2) is 0 Å². The molecule has 136 valence electrons. The molecule has 2 aliphatic rings. The quantitative estimate of drug-likeness (QED) is 0.845. The summed E-state index contributed by atoms with van der Waals surface area (Å²) in [6, 6.07) is 7.47. The Labute approximate surface area is 153 Å². The molecule has 1 spiro atoms. The van der Waals surface area contributed by atoms with Gasteiger partial charge in [-0.1, -0.05) is 0 Å². The van der Waals surface area contributed by atoms with Crippen LogP contribution in [0, 0.1) is 0 Å². The van der Waals surface area contributed by atoms with Gasteiger partial charge in [-0.15, -0.1) is 0 Å². The van der Waals surface area contributed by atoms with Gasteiger partial charge in [-0.3, -0.25) is 14.8 Å². The van der Waals surface area contributed by atoms with E-state index in [1.54, 1.807) is 36.9 Å². The molecule has 6 heteroatoms. The summed E-state index contributed by atoms with van der Waals surface area (Å²) in [5.74, 6) is 0.0748. The molecule has 1 atom stereocenters. The lowest BCUT2D eigenvalue weighted by Crippen LogP contribution is -2.46. The number of hydrogen-bond acceptors (Lipinski definition) is 5. The fourth-order valence-corrected chi connectivity index (χ4v) is 3.75. The molecule has 0 unspecified atom stereocenters. The van der Waals surface area contributed by atoms with Gasteiger partial charge < -0.3 is 14.4 Å². The zero-order valence-electron chi connectivity index (χ0n) is 14.7. The Balaban J connectivity index is 1.28. The van der Waals surface area contributed by atoms with Crippen LogP contribution in [0.4, 0.5) is 0 Å². The van der Waals surface area contributed by atoms with Crippen LogP contribution < -0.4 is 0 Å². The van der Waals surface area contributed by atoms with E-state index in [4.69, 9.17) is 9.47 Å². The standard InChI is InChI=1S/C20H23N3O3/c24-19(17-3-9-22-10-4-17)23-11-5-20(6-12-23)13-18(15-26-20)25-14-16-1-7-21-8-2-16/h1-4,7-10,18H,5-6,11-15H2/t18-/m1/s1. The number of aromatic nitrogens is 2. The Kier molecular flexibility index (Phi) is 4.95. The van der Waals surface area contributed by atoms with Crippen molar-refractivity contribution in [1.29, 1.82) is 0 Å². The molecule has 2 fully saturated rings. The van der Waals surface area contributed by atoms with E-state index >= 15 is 0 Å². The molecule has 1 amide bonds. The molecule has 4 heterocycles. The molecule has 0 aliphatic carbocycles. The van der Waals surface area contributed by atoms with Gasteiger partial charge in [0.25, 0.3) is 5.91 Å².